The average molecular weight is 284 g/mol. The van der Waals surface area contributed by atoms with E-state index in [0.717, 1.165) is 0 Å². The van der Waals surface area contributed by atoms with Gasteiger partial charge in [-0.05, 0) is 29.8 Å². The summed E-state index contributed by atoms with van der Waals surface area (Å²) in [4.78, 5) is 25.6. The summed E-state index contributed by atoms with van der Waals surface area (Å²) in [6.45, 7) is -0.00294. The zero-order valence-corrected chi connectivity index (χ0v) is 11.2. The third kappa shape index (κ3) is 2.76. The van der Waals surface area contributed by atoms with Crippen LogP contribution >= 0.6 is 0 Å². The normalized spacial score (nSPS) is 13.6. The smallest absolute Gasteiger partial charge is 0.244 e. The quantitative estimate of drug-likeness (QED) is 0.920. The molecule has 1 heterocycles. The van der Waals surface area contributed by atoms with Crippen molar-refractivity contribution >= 4 is 23.2 Å². The van der Waals surface area contributed by atoms with E-state index in [2.05, 4.69) is 5.32 Å². The Balaban J connectivity index is 1.84. The second-order valence-electron chi connectivity index (χ2n) is 4.85. The molecule has 2 amide bonds. The predicted molar refractivity (Wildman–Crippen MR) is 77.5 cm³/mol. The average Bonchev–Trinajstić information content (AvgIpc) is 2.48. The number of halogens is 1. The maximum absolute atomic E-state index is 12.9. The Labute approximate surface area is 121 Å². The van der Waals surface area contributed by atoms with Gasteiger partial charge in [-0.15, -0.1) is 0 Å². The van der Waals surface area contributed by atoms with E-state index in [4.69, 9.17) is 0 Å². The maximum atomic E-state index is 12.9. The van der Waals surface area contributed by atoms with Gasteiger partial charge in [0.15, 0.2) is 0 Å². The van der Waals surface area contributed by atoms with Crippen molar-refractivity contribution in [1.82, 2.24) is 0 Å². The van der Waals surface area contributed by atoms with E-state index in [1.165, 1.54) is 17.0 Å². The van der Waals surface area contributed by atoms with Gasteiger partial charge in [0.25, 0.3) is 0 Å². The van der Waals surface area contributed by atoms with E-state index < -0.39 is 0 Å². The van der Waals surface area contributed by atoms with Crippen LogP contribution < -0.4 is 10.2 Å². The fraction of sp³-hybridized carbons (Fsp3) is 0.125. The molecule has 1 N–H and O–H groups in total. The molecule has 5 heteroatoms. The number of nitrogens with zero attached hydrogens (tertiary/aromatic N) is 1. The van der Waals surface area contributed by atoms with Gasteiger partial charge in [0, 0.05) is 0 Å². The molecular weight excluding hydrogens is 271 g/mol. The molecule has 106 valence electrons. The van der Waals surface area contributed by atoms with E-state index in [1.807, 2.05) is 6.07 Å². The number of anilines is 2. The number of benzene rings is 2. The van der Waals surface area contributed by atoms with Gasteiger partial charge in [-0.1, -0.05) is 24.3 Å². The molecule has 0 aromatic heterocycles. The molecule has 4 nitrogen and oxygen atoms in total. The number of para-hydroxylation sites is 2. The van der Waals surface area contributed by atoms with E-state index in [9.17, 15) is 14.0 Å². The van der Waals surface area contributed by atoms with Crippen molar-refractivity contribution in [3.05, 3.63) is 59.9 Å². The highest BCUT2D eigenvalue weighted by Gasteiger charge is 2.26. The van der Waals surface area contributed by atoms with Crippen molar-refractivity contribution in [1.29, 1.82) is 0 Å². The first-order valence-electron chi connectivity index (χ1n) is 6.57. The molecule has 0 saturated carbocycles. The molecule has 0 radical (unpaired) electrons. The van der Waals surface area contributed by atoms with Gasteiger partial charge < -0.3 is 10.2 Å². The molecule has 21 heavy (non-hydrogen) atoms. The molecule has 0 aliphatic carbocycles. The van der Waals surface area contributed by atoms with Gasteiger partial charge in [0.05, 0.1) is 17.8 Å². The number of hydrogen-bond acceptors (Lipinski definition) is 2. The Hall–Kier alpha value is -2.69. The summed E-state index contributed by atoms with van der Waals surface area (Å²) in [5.41, 5.74) is 2.02. The minimum Gasteiger partial charge on any atom is -0.323 e. The zero-order chi connectivity index (χ0) is 14.8. The van der Waals surface area contributed by atoms with Crippen LogP contribution in [-0.2, 0) is 16.0 Å². The Morgan fingerprint density at radius 2 is 1.86 bits per heavy atom. The first-order chi connectivity index (χ1) is 10.1. The summed E-state index contributed by atoms with van der Waals surface area (Å²) in [6, 6.07) is 12.9. The van der Waals surface area contributed by atoms with Crippen LogP contribution in [-0.4, -0.2) is 18.4 Å². The first kappa shape index (κ1) is 13.3. The Bertz CT molecular complexity index is 698. The van der Waals surface area contributed by atoms with Crippen molar-refractivity contribution in [2.45, 2.75) is 6.42 Å². The second-order valence-corrected chi connectivity index (χ2v) is 4.85. The molecule has 3 rings (SSSR count). The number of rotatable bonds is 2. The fourth-order valence-electron chi connectivity index (χ4n) is 2.33. The van der Waals surface area contributed by atoms with E-state index >= 15 is 0 Å². The summed E-state index contributed by atoms with van der Waals surface area (Å²) < 4.78 is 12.9. The minimum atomic E-state index is -0.339. The van der Waals surface area contributed by atoms with Crippen molar-refractivity contribution in [3.63, 3.8) is 0 Å². The fourth-order valence-corrected chi connectivity index (χ4v) is 2.33. The molecule has 0 spiro atoms. The summed E-state index contributed by atoms with van der Waals surface area (Å²) in [7, 11) is 0. The van der Waals surface area contributed by atoms with Crippen LogP contribution in [0.3, 0.4) is 0 Å². The Morgan fingerprint density at radius 1 is 1.14 bits per heavy atom. The largest absolute Gasteiger partial charge is 0.323 e. The van der Waals surface area contributed by atoms with Crippen LogP contribution in [0.4, 0.5) is 15.8 Å². The summed E-state index contributed by atoms with van der Waals surface area (Å²) in [5, 5.41) is 2.73. The summed E-state index contributed by atoms with van der Waals surface area (Å²) >= 11 is 0. The van der Waals surface area contributed by atoms with Crippen molar-refractivity contribution in [2.75, 3.05) is 16.8 Å². The molecule has 0 atom stereocenters. The molecule has 0 unspecified atom stereocenters. The third-order valence-corrected chi connectivity index (χ3v) is 3.34. The van der Waals surface area contributed by atoms with E-state index in [1.54, 1.807) is 30.3 Å². The Kier molecular flexibility index (Phi) is 3.39. The van der Waals surface area contributed by atoms with E-state index in [-0.39, 0.29) is 30.6 Å². The number of hydrogen-bond donors (Lipinski definition) is 1. The second kappa shape index (κ2) is 5.36. The molecular formula is C16H13FN2O2. The highest BCUT2D eigenvalue weighted by atomic mass is 19.1. The topological polar surface area (TPSA) is 49.4 Å². The monoisotopic (exact) mass is 284 g/mol. The number of nitrogens with one attached hydrogen (secondary N) is 1. The molecule has 1 aliphatic heterocycles. The maximum Gasteiger partial charge on any atom is 0.244 e. The number of fused-ring (bicyclic) bond motifs is 1. The van der Waals surface area contributed by atoms with E-state index in [0.29, 0.717) is 16.9 Å². The van der Waals surface area contributed by atoms with Crippen LogP contribution in [0, 0.1) is 5.82 Å². The highest BCUT2D eigenvalue weighted by molar-refractivity contribution is 6.10. The van der Waals surface area contributed by atoms with Gasteiger partial charge in [0.2, 0.25) is 11.8 Å². The lowest BCUT2D eigenvalue weighted by atomic mass is 10.1. The molecule has 0 fully saturated rings. The Morgan fingerprint density at radius 3 is 2.62 bits per heavy atom. The van der Waals surface area contributed by atoms with Gasteiger partial charge in [-0.25, -0.2) is 4.39 Å². The lowest BCUT2D eigenvalue weighted by molar-refractivity contribution is -0.121. The third-order valence-electron chi connectivity index (χ3n) is 3.34. The molecule has 0 bridgehead atoms. The summed E-state index contributed by atoms with van der Waals surface area (Å²) in [6.07, 6.45) is 0.127. The molecule has 1 aliphatic rings. The highest BCUT2D eigenvalue weighted by Crippen LogP contribution is 2.29. The van der Waals surface area contributed by atoms with Crippen LogP contribution in [0.25, 0.3) is 0 Å². The molecule has 0 saturated heterocycles. The lowest BCUT2D eigenvalue weighted by Crippen LogP contribution is -2.42. The number of carbonyl (C=O) groups excluding carboxylic acids is 2. The SMILES string of the molecule is O=C1CN(C(=O)Cc2ccc(F)cc2)c2ccccc2N1. The van der Waals surface area contributed by atoms with Crippen LogP contribution in [0.15, 0.2) is 48.5 Å². The van der Waals surface area contributed by atoms with Gasteiger partial charge in [-0.3, -0.25) is 9.59 Å². The predicted octanol–water partition coefficient (Wildman–Crippen LogP) is 2.35. The number of amides is 2. The van der Waals surface area contributed by atoms with Gasteiger partial charge >= 0.3 is 0 Å². The summed E-state index contributed by atoms with van der Waals surface area (Å²) in [5.74, 6) is -0.751. The van der Waals surface area contributed by atoms with Crippen LogP contribution in [0.5, 0.6) is 0 Å². The lowest BCUT2D eigenvalue weighted by Gasteiger charge is -2.29. The first-order valence-corrected chi connectivity index (χ1v) is 6.57. The van der Waals surface area contributed by atoms with Crippen molar-refractivity contribution < 1.29 is 14.0 Å². The zero-order valence-electron chi connectivity index (χ0n) is 11.2. The standard InChI is InChI=1S/C16H13FN2O2/c17-12-7-5-11(6-8-12)9-16(21)19-10-15(20)18-13-3-1-2-4-14(13)19/h1-8H,9-10H2,(H,18,20). The number of carbonyl (C=O) groups is 2. The van der Waals surface area contributed by atoms with Crippen LogP contribution in [0.1, 0.15) is 5.56 Å². The molecule has 2 aromatic rings. The van der Waals surface area contributed by atoms with Gasteiger partial charge in [0.1, 0.15) is 12.4 Å². The van der Waals surface area contributed by atoms with Gasteiger partial charge in [-0.2, -0.15) is 0 Å². The van der Waals surface area contributed by atoms with Crippen LogP contribution in [0.2, 0.25) is 0 Å². The van der Waals surface area contributed by atoms with Crippen molar-refractivity contribution in [3.8, 4) is 0 Å². The minimum absolute atomic E-state index is 0.00294. The molecule has 2 aromatic carbocycles. The van der Waals surface area contributed by atoms with Crippen molar-refractivity contribution in [2.24, 2.45) is 0 Å².